The molecular formula is C20H18ClFN4O. The fraction of sp³-hybridized carbons (Fsp3) is 0.200. The molecule has 0 aliphatic carbocycles. The summed E-state index contributed by atoms with van der Waals surface area (Å²) >= 11 is 5.87. The molecule has 1 aliphatic heterocycles. The van der Waals surface area contributed by atoms with Gasteiger partial charge in [-0.2, -0.15) is 5.10 Å². The summed E-state index contributed by atoms with van der Waals surface area (Å²) in [6.45, 7) is 1.17. The molecule has 2 heterocycles. The summed E-state index contributed by atoms with van der Waals surface area (Å²) in [4.78, 5) is 14.4. The predicted octanol–water partition coefficient (Wildman–Crippen LogP) is 3.39. The van der Waals surface area contributed by atoms with E-state index in [9.17, 15) is 9.18 Å². The fourth-order valence-electron chi connectivity index (χ4n) is 3.47. The molecule has 138 valence electrons. The summed E-state index contributed by atoms with van der Waals surface area (Å²) in [7, 11) is 0. The van der Waals surface area contributed by atoms with E-state index in [0.29, 0.717) is 25.2 Å². The van der Waals surface area contributed by atoms with Gasteiger partial charge in [-0.25, -0.2) is 4.39 Å². The van der Waals surface area contributed by atoms with Crippen molar-refractivity contribution in [2.24, 2.45) is 5.73 Å². The van der Waals surface area contributed by atoms with Crippen LogP contribution in [0.4, 0.5) is 10.1 Å². The first-order valence-corrected chi connectivity index (χ1v) is 9.06. The second-order valence-corrected chi connectivity index (χ2v) is 6.81. The van der Waals surface area contributed by atoms with Crippen molar-refractivity contribution in [1.82, 2.24) is 9.78 Å². The number of carbonyl (C=O) groups is 1. The minimum atomic E-state index is -0.598. The molecule has 2 N–H and O–H groups in total. The molecule has 0 atom stereocenters. The number of carbonyl (C=O) groups excluding carboxylic acids is 1. The van der Waals surface area contributed by atoms with E-state index in [-0.39, 0.29) is 23.2 Å². The molecule has 0 fully saturated rings. The zero-order valence-electron chi connectivity index (χ0n) is 14.5. The van der Waals surface area contributed by atoms with Gasteiger partial charge >= 0.3 is 0 Å². The van der Waals surface area contributed by atoms with Gasteiger partial charge < -0.3 is 10.6 Å². The van der Waals surface area contributed by atoms with Crippen LogP contribution >= 0.6 is 11.6 Å². The quantitative estimate of drug-likeness (QED) is 0.750. The van der Waals surface area contributed by atoms with Gasteiger partial charge in [0.2, 0.25) is 0 Å². The van der Waals surface area contributed by atoms with Crippen molar-refractivity contribution in [2.45, 2.75) is 19.5 Å². The maximum Gasteiger partial charge on any atom is 0.279 e. The number of halogens is 2. The van der Waals surface area contributed by atoms with E-state index in [2.05, 4.69) is 5.10 Å². The van der Waals surface area contributed by atoms with Crippen LogP contribution in [0.2, 0.25) is 5.02 Å². The number of nitrogens with two attached hydrogens (primary N) is 1. The molecule has 0 spiro atoms. The van der Waals surface area contributed by atoms with E-state index in [1.54, 1.807) is 16.8 Å². The van der Waals surface area contributed by atoms with E-state index < -0.39 is 5.82 Å². The minimum Gasteiger partial charge on any atom is -0.325 e. The highest BCUT2D eigenvalue weighted by atomic mass is 35.5. The Morgan fingerprint density at radius 2 is 1.93 bits per heavy atom. The number of hydrogen-bond acceptors (Lipinski definition) is 3. The number of aromatic nitrogens is 2. The average molecular weight is 385 g/mol. The Hall–Kier alpha value is -2.70. The van der Waals surface area contributed by atoms with E-state index >= 15 is 0 Å². The maximum absolute atomic E-state index is 14.4. The highest BCUT2D eigenvalue weighted by Gasteiger charge is 2.33. The van der Waals surface area contributed by atoms with E-state index in [0.717, 1.165) is 16.8 Å². The van der Waals surface area contributed by atoms with Crippen molar-refractivity contribution < 1.29 is 9.18 Å². The van der Waals surface area contributed by atoms with Crippen LogP contribution in [-0.2, 0) is 19.5 Å². The molecule has 0 unspecified atom stereocenters. The SMILES string of the molecule is NCc1c2c(nn1Cc1ccccc1)C(=O)N(c1cccc(Cl)c1F)CC2. The first-order valence-electron chi connectivity index (χ1n) is 8.68. The molecule has 1 aromatic heterocycles. The molecule has 1 amide bonds. The van der Waals surface area contributed by atoms with Crippen molar-refractivity contribution >= 4 is 23.2 Å². The number of anilines is 1. The topological polar surface area (TPSA) is 64.1 Å². The maximum atomic E-state index is 14.4. The van der Waals surface area contributed by atoms with Crippen molar-refractivity contribution in [3.05, 3.63) is 81.9 Å². The first-order chi connectivity index (χ1) is 13.1. The monoisotopic (exact) mass is 384 g/mol. The zero-order valence-corrected chi connectivity index (χ0v) is 15.3. The Morgan fingerprint density at radius 1 is 1.15 bits per heavy atom. The van der Waals surface area contributed by atoms with Crippen molar-refractivity contribution in [3.8, 4) is 0 Å². The first kappa shape index (κ1) is 17.7. The van der Waals surface area contributed by atoms with E-state index in [4.69, 9.17) is 17.3 Å². The van der Waals surface area contributed by atoms with Crippen LogP contribution in [0.15, 0.2) is 48.5 Å². The molecule has 0 saturated heterocycles. The van der Waals surface area contributed by atoms with E-state index in [1.165, 1.54) is 11.0 Å². The van der Waals surface area contributed by atoms with Gasteiger partial charge in [0, 0.05) is 18.7 Å². The number of hydrogen-bond donors (Lipinski definition) is 1. The van der Waals surface area contributed by atoms with Crippen LogP contribution in [0.5, 0.6) is 0 Å². The number of rotatable bonds is 4. The van der Waals surface area contributed by atoms with Crippen LogP contribution in [0, 0.1) is 5.82 Å². The van der Waals surface area contributed by atoms with Gasteiger partial charge in [0.15, 0.2) is 11.5 Å². The van der Waals surface area contributed by atoms with Gasteiger partial charge in [-0.1, -0.05) is 48.0 Å². The number of nitrogens with zero attached hydrogens (tertiary/aromatic N) is 3. The van der Waals surface area contributed by atoms with Crippen molar-refractivity contribution in [3.63, 3.8) is 0 Å². The van der Waals surface area contributed by atoms with Crippen LogP contribution in [0.25, 0.3) is 0 Å². The Morgan fingerprint density at radius 3 is 2.67 bits per heavy atom. The van der Waals surface area contributed by atoms with Gasteiger partial charge in [0.25, 0.3) is 5.91 Å². The highest BCUT2D eigenvalue weighted by Crippen LogP contribution is 2.31. The fourth-order valence-corrected chi connectivity index (χ4v) is 3.64. The lowest BCUT2D eigenvalue weighted by atomic mass is 10.0. The lowest BCUT2D eigenvalue weighted by molar-refractivity contribution is 0.0974. The summed E-state index contributed by atoms with van der Waals surface area (Å²) in [5.74, 6) is -0.933. The van der Waals surface area contributed by atoms with Gasteiger partial charge in [-0.05, 0) is 24.1 Å². The number of amides is 1. The molecule has 2 aromatic carbocycles. The van der Waals surface area contributed by atoms with Crippen LogP contribution < -0.4 is 10.6 Å². The third-order valence-electron chi connectivity index (χ3n) is 4.79. The van der Waals surface area contributed by atoms with Crippen LogP contribution in [0.3, 0.4) is 0 Å². The molecule has 4 rings (SSSR count). The third kappa shape index (κ3) is 3.11. The largest absolute Gasteiger partial charge is 0.325 e. The summed E-state index contributed by atoms with van der Waals surface area (Å²) in [6.07, 6.45) is 0.564. The second kappa shape index (κ2) is 7.13. The average Bonchev–Trinajstić information content (AvgIpc) is 3.03. The Bertz CT molecular complexity index is 1000. The van der Waals surface area contributed by atoms with Gasteiger partial charge in [-0.15, -0.1) is 0 Å². The van der Waals surface area contributed by atoms with E-state index in [1.807, 2.05) is 30.3 Å². The Kier molecular flexibility index (Phi) is 4.68. The molecule has 1 aliphatic rings. The molecule has 7 heteroatoms. The molecule has 0 saturated carbocycles. The standard InChI is InChI=1S/C20H18ClFN4O/c21-15-7-4-8-16(18(15)22)25-10-9-14-17(11-23)26(24-19(14)20(25)27)12-13-5-2-1-3-6-13/h1-8H,9-12,23H2. The number of fused-ring (bicyclic) bond motifs is 1. The summed E-state index contributed by atoms with van der Waals surface area (Å²) < 4.78 is 16.2. The highest BCUT2D eigenvalue weighted by molar-refractivity contribution is 6.31. The molecule has 0 radical (unpaired) electrons. The minimum absolute atomic E-state index is 0.0108. The lowest BCUT2D eigenvalue weighted by Gasteiger charge is -2.27. The van der Waals surface area contributed by atoms with Crippen molar-refractivity contribution in [2.75, 3.05) is 11.4 Å². The van der Waals surface area contributed by atoms with Crippen molar-refractivity contribution in [1.29, 1.82) is 0 Å². The van der Waals surface area contributed by atoms with Gasteiger partial charge in [-0.3, -0.25) is 9.48 Å². The number of benzene rings is 2. The Balaban J connectivity index is 1.71. The molecular weight excluding hydrogens is 367 g/mol. The van der Waals surface area contributed by atoms with Gasteiger partial charge in [0.1, 0.15) is 0 Å². The van der Waals surface area contributed by atoms with Crippen LogP contribution in [0.1, 0.15) is 27.3 Å². The van der Waals surface area contributed by atoms with Gasteiger partial charge in [0.05, 0.1) is 22.9 Å². The summed E-state index contributed by atoms with van der Waals surface area (Å²) in [5, 5.41) is 4.50. The predicted molar refractivity (Wildman–Crippen MR) is 102 cm³/mol. The normalized spacial score (nSPS) is 13.7. The molecule has 0 bridgehead atoms. The van der Waals surface area contributed by atoms with Crippen LogP contribution in [-0.4, -0.2) is 22.2 Å². The molecule has 27 heavy (non-hydrogen) atoms. The molecule has 5 nitrogen and oxygen atoms in total. The second-order valence-electron chi connectivity index (χ2n) is 6.40. The lowest BCUT2D eigenvalue weighted by Crippen LogP contribution is -2.38. The summed E-state index contributed by atoms with van der Waals surface area (Å²) in [5.41, 5.74) is 9.20. The summed E-state index contributed by atoms with van der Waals surface area (Å²) in [6, 6.07) is 14.5. The third-order valence-corrected chi connectivity index (χ3v) is 5.08. The zero-order chi connectivity index (χ0) is 19.0. The molecule has 3 aromatic rings. The smallest absolute Gasteiger partial charge is 0.279 e. The Labute approximate surface area is 161 Å².